The number of hydrogen-bond acceptors (Lipinski definition) is 0. The van der Waals surface area contributed by atoms with E-state index >= 15 is 0 Å². The van der Waals surface area contributed by atoms with Crippen molar-refractivity contribution in [3.05, 3.63) is 35.4 Å². The van der Waals surface area contributed by atoms with E-state index in [4.69, 9.17) is 0 Å². The third-order valence-corrected chi connectivity index (χ3v) is 2.38. The molecule has 1 aromatic carbocycles. The average molecular weight is 192 g/mol. The van der Waals surface area contributed by atoms with Gasteiger partial charge in [0.2, 0.25) is 0 Å². The van der Waals surface area contributed by atoms with Crippen LogP contribution in [0.4, 0.5) is 0 Å². The van der Waals surface area contributed by atoms with Gasteiger partial charge in [-0.25, -0.2) is 0 Å². The van der Waals surface area contributed by atoms with Crippen molar-refractivity contribution in [2.24, 2.45) is 0 Å². The molecule has 0 aliphatic carbocycles. The maximum atomic E-state index is 2.23. The summed E-state index contributed by atoms with van der Waals surface area (Å²) in [6, 6.07) is 8.36. The van der Waals surface area contributed by atoms with Gasteiger partial charge >= 0.3 is 0 Å². The highest BCUT2D eigenvalue weighted by atomic mass is 13.9. The number of unbranched alkanes of at least 4 members (excludes halogenated alkanes) is 3. The van der Waals surface area contributed by atoms with Crippen molar-refractivity contribution in [2.45, 2.75) is 53.4 Å². The molecule has 0 aromatic heterocycles. The Hall–Kier alpha value is -0.780. The van der Waals surface area contributed by atoms with Crippen LogP contribution in [-0.2, 0) is 0 Å². The Kier molecular flexibility index (Phi) is 8.31. The quantitative estimate of drug-likeness (QED) is 0.598. The lowest BCUT2D eigenvalue weighted by Gasteiger charge is -1.93. The van der Waals surface area contributed by atoms with Gasteiger partial charge in [-0.2, -0.15) is 0 Å². The predicted molar refractivity (Wildman–Crippen MR) is 65.7 cm³/mol. The minimum absolute atomic E-state index is 1.36. The van der Waals surface area contributed by atoms with Gasteiger partial charge in [-0.3, -0.25) is 0 Å². The second-order valence-corrected chi connectivity index (χ2v) is 3.79. The molecule has 0 amide bonds. The van der Waals surface area contributed by atoms with E-state index in [0.29, 0.717) is 0 Å². The molecule has 0 heterocycles. The number of aryl methyl sites for hydroxylation is 2. The second-order valence-electron chi connectivity index (χ2n) is 3.79. The Morgan fingerprint density at radius 3 is 1.36 bits per heavy atom. The molecular weight excluding hydrogens is 168 g/mol. The van der Waals surface area contributed by atoms with Crippen LogP contribution in [0.2, 0.25) is 0 Å². The van der Waals surface area contributed by atoms with Crippen molar-refractivity contribution < 1.29 is 0 Å². The molecule has 0 atom stereocenters. The molecule has 0 radical (unpaired) electrons. The summed E-state index contributed by atoms with van der Waals surface area (Å²) in [5, 5.41) is 0. The first-order chi connectivity index (χ1) is 6.72. The molecule has 1 aromatic rings. The SMILES string of the molecule is CCCCCC.Cc1ccccc1C. The van der Waals surface area contributed by atoms with Crippen LogP contribution in [0.3, 0.4) is 0 Å². The molecule has 80 valence electrons. The minimum Gasteiger partial charge on any atom is -0.0654 e. The molecule has 0 aliphatic rings. The van der Waals surface area contributed by atoms with Gasteiger partial charge in [0.05, 0.1) is 0 Å². The minimum atomic E-state index is 1.36. The molecule has 14 heavy (non-hydrogen) atoms. The van der Waals surface area contributed by atoms with Crippen LogP contribution in [-0.4, -0.2) is 0 Å². The smallest absolute Gasteiger partial charge is 0.0395 e. The first-order valence-corrected chi connectivity index (χ1v) is 5.74. The standard InChI is InChI=1S/C8H10.C6H14/c1-7-5-3-4-6-8(7)2;1-3-5-6-4-2/h3-6H,1-2H3;3-6H2,1-2H3. The Balaban J connectivity index is 0.000000255. The van der Waals surface area contributed by atoms with Crippen LogP contribution in [0.5, 0.6) is 0 Å². The van der Waals surface area contributed by atoms with Gasteiger partial charge in [0.1, 0.15) is 0 Å². The van der Waals surface area contributed by atoms with E-state index in [-0.39, 0.29) is 0 Å². The molecule has 0 saturated carbocycles. The lowest BCUT2D eigenvalue weighted by Crippen LogP contribution is -1.74. The van der Waals surface area contributed by atoms with Crippen LogP contribution < -0.4 is 0 Å². The summed E-state index contributed by atoms with van der Waals surface area (Å²) in [4.78, 5) is 0. The van der Waals surface area contributed by atoms with Crippen LogP contribution in [0.15, 0.2) is 24.3 Å². The summed E-state index contributed by atoms with van der Waals surface area (Å²) in [5.74, 6) is 0. The van der Waals surface area contributed by atoms with Gasteiger partial charge in [0.15, 0.2) is 0 Å². The van der Waals surface area contributed by atoms with E-state index < -0.39 is 0 Å². The third-order valence-electron chi connectivity index (χ3n) is 2.38. The fourth-order valence-corrected chi connectivity index (χ4v) is 1.16. The zero-order valence-electron chi connectivity index (χ0n) is 10.1. The van der Waals surface area contributed by atoms with Crippen LogP contribution in [0, 0.1) is 13.8 Å². The zero-order chi connectivity index (χ0) is 10.8. The topological polar surface area (TPSA) is 0 Å². The van der Waals surface area contributed by atoms with Crippen molar-refractivity contribution >= 4 is 0 Å². The summed E-state index contributed by atoms with van der Waals surface area (Å²) in [5.41, 5.74) is 2.74. The van der Waals surface area contributed by atoms with Crippen molar-refractivity contribution in [1.29, 1.82) is 0 Å². The van der Waals surface area contributed by atoms with Crippen LogP contribution in [0.25, 0.3) is 0 Å². The second kappa shape index (κ2) is 8.80. The molecule has 0 aliphatic heterocycles. The van der Waals surface area contributed by atoms with E-state index in [9.17, 15) is 0 Å². The summed E-state index contributed by atoms with van der Waals surface area (Å²) in [6.07, 6.45) is 5.54. The normalized spacial score (nSPS) is 9.14. The Morgan fingerprint density at radius 1 is 0.786 bits per heavy atom. The van der Waals surface area contributed by atoms with Crippen molar-refractivity contribution in [1.82, 2.24) is 0 Å². The molecule has 0 nitrogen and oxygen atoms in total. The van der Waals surface area contributed by atoms with Gasteiger partial charge in [0.25, 0.3) is 0 Å². The van der Waals surface area contributed by atoms with Gasteiger partial charge in [0, 0.05) is 0 Å². The molecule has 1 rings (SSSR count). The Labute approximate surface area is 89.4 Å². The van der Waals surface area contributed by atoms with Crippen molar-refractivity contribution in [3.8, 4) is 0 Å². The molecule has 0 N–H and O–H groups in total. The molecule has 0 spiro atoms. The molecular formula is C14H24. The molecule has 0 fully saturated rings. The predicted octanol–water partition coefficient (Wildman–Crippen LogP) is 4.89. The summed E-state index contributed by atoms with van der Waals surface area (Å²) >= 11 is 0. The molecule has 0 bridgehead atoms. The molecule has 0 heteroatoms. The number of benzene rings is 1. The molecule has 0 unspecified atom stereocenters. The summed E-state index contributed by atoms with van der Waals surface area (Å²) in [7, 11) is 0. The number of hydrogen-bond donors (Lipinski definition) is 0. The monoisotopic (exact) mass is 192 g/mol. The Morgan fingerprint density at radius 2 is 1.14 bits per heavy atom. The number of rotatable bonds is 3. The summed E-state index contributed by atoms with van der Waals surface area (Å²) < 4.78 is 0. The largest absolute Gasteiger partial charge is 0.0654 e. The fraction of sp³-hybridized carbons (Fsp3) is 0.571. The van der Waals surface area contributed by atoms with E-state index in [1.54, 1.807) is 0 Å². The van der Waals surface area contributed by atoms with Crippen molar-refractivity contribution in [2.75, 3.05) is 0 Å². The van der Waals surface area contributed by atoms with E-state index in [1.165, 1.54) is 36.8 Å². The zero-order valence-corrected chi connectivity index (χ0v) is 10.1. The lowest BCUT2D eigenvalue weighted by atomic mass is 10.1. The highest BCUT2D eigenvalue weighted by Crippen LogP contribution is 2.02. The average Bonchev–Trinajstić information content (AvgIpc) is 2.20. The van der Waals surface area contributed by atoms with Crippen LogP contribution in [0.1, 0.15) is 50.7 Å². The Bertz CT molecular complexity index is 200. The third kappa shape index (κ3) is 6.71. The highest BCUT2D eigenvalue weighted by molar-refractivity contribution is 5.23. The van der Waals surface area contributed by atoms with E-state index in [2.05, 4.69) is 52.0 Å². The van der Waals surface area contributed by atoms with Gasteiger partial charge < -0.3 is 0 Å². The van der Waals surface area contributed by atoms with E-state index in [0.717, 1.165) is 0 Å². The van der Waals surface area contributed by atoms with Gasteiger partial charge in [-0.15, -0.1) is 0 Å². The first-order valence-electron chi connectivity index (χ1n) is 5.74. The molecule has 0 saturated heterocycles. The van der Waals surface area contributed by atoms with Gasteiger partial charge in [-0.1, -0.05) is 63.8 Å². The van der Waals surface area contributed by atoms with Crippen LogP contribution >= 0.6 is 0 Å². The summed E-state index contributed by atoms with van der Waals surface area (Å²) in [6.45, 7) is 8.70. The van der Waals surface area contributed by atoms with Crippen molar-refractivity contribution in [3.63, 3.8) is 0 Å². The lowest BCUT2D eigenvalue weighted by molar-refractivity contribution is 0.702. The maximum Gasteiger partial charge on any atom is -0.0395 e. The first kappa shape index (κ1) is 13.2. The highest BCUT2D eigenvalue weighted by Gasteiger charge is 1.83. The van der Waals surface area contributed by atoms with Gasteiger partial charge in [-0.05, 0) is 25.0 Å². The van der Waals surface area contributed by atoms with E-state index in [1.807, 2.05) is 0 Å². The maximum absolute atomic E-state index is 2.23. The fourth-order valence-electron chi connectivity index (χ4n) is 1.16.